The zero-order valence-electron chi connectivity index (χ0n) is 7.75. The van der Waals surface area contributed by atoms with Crippen molar-refractivity contribution in [3.8, 4) is 0 Å². The second-order valence-corrected chi connectivity index (χ2v) is 3.93. The topological polar surface area (TPSA) is 46.5 Å². The number of hydrogen-bond donors (Lipinski definition) is 1. The Labute approximate surface area is 75.0 Å². The SMILES string of the molecule is CCCCCP(O)OC(=O)CC. The van der Waals surface area contributed by atoms with Crippen LogP contribution < -0.4 is 0 Å². The van der Waals surface area contributed by atoms with Gasteiger partial charge < -0.3 is 9.42 Å². The summed E-state index contributed by atoms with van der Waals surface area (Å²) in [6.07, 6.45) is 4.10. The maximum atomic E-state index is 10.7. The Hall–Kier alpha value is -0.140. The van der Waals surface area contributed by atoms with Gasteiger partial charge in [0.1, 0.15) is 0 Å². The fourth-order valence-corrected chi connectivity index (χ4v) is 1.67. The Kier molecular flexibility index (Phi) is 7.42. The van der Waals surface area contributed by atoms with Crippen molar-refractivity contribution in [1.29, 1.82) is 0 Å². The molecule has 0 heterocycles. The molecule has 72 valence electrons. The molecule has 4 heteroatoms. The van der Waals surface area contributed by atoms with Crippen LogP contribution in [0.25, 0.3) is 0 Å². The minimum absolute atomic E-state index is 0.305. The Morgan fingerprint density at radius 2 is 2.08 bits per heavy atom. The largest absolute Gasteiger partial charge is 0.417 e. The minimum atomic E-state index is -1.49. The van der Waals surface area contributed by atoms with E-state index in [4.69, 9.17) is 4.52 Å². The van der Waals surface area contributed by atoms with Crippen LogP contribution in [0.1, 0.15) is 39.5 Å². The molecule has 12 heavy (non-hydrogen) atoms. The summed E-state index contributed by atoms with van der Waals surface area (Å²) in [6, 6.07) is 0. The first-order valence-corrected chi connectivity index (χ1v) is 5.77. The lowest BCUT2D eigenvalue weighted by molar-refractivity contribution is -0.133. The summed E-state index contributed by atoms with van der Waals surface area (Å²) in [5.41, 5.74) is 0. The summed E-state index contributed by atoms with van der Waals surface area (Å²) in [6.45, 7) is 3.81. The van der Waals surface area contributed by atoms with E-state index in [1.165, 1.54) is 0 Å². The van der Waals surface area contributed by atoms with Gasteiger partial charge in [0.25, 0.3) is 0 Å². The highest BCUT2D eigenvalue weighted by molar-refractivity contribution is 7.46. The average Bonchev–Trinajstić information content (AvgIpc) is 2.05. The first kappa shape index (κ1) is 11.9. The molecule has 1 atom stereocenters. The highest BCUT2D eigenvalue weighted by Gasteiger charge is 2.09. The minimum Gasteiger partial charge on any atom is -0.417 e. The van der Waals surface area contributed by atoms with Gasteiger partial charge in [-0.1, -0.05) is 26.7 Å². The molecule has 0 aliphatic heterocycles. The molecule has 0 amide bonds. The molecule has 0 aliphatic rings. The third-order valence-corrected chi connectivity index (χ3v) is 2.56. The van der Waals surface area contributed by atoms with Crippen LogP contribution in [0.3, 0.4) is 0 Å². The van der Waals surface area contributed by atoms with E-state index in [0.29, 0.717) is 12.6 Å². The van der Waals surface area contributed by atoms with Crippen molar-refractivity contribution in [3.63, 3.8) is 0 Å². The molecule has 1 N–H and O–H groups in total. The molecule has 0 radical (unpaired) electrons. The van der Waals surface area contributed by atoms with Crippen LogP contribution in [0.4, 0.5) is 0 Å². The molecule has 0 saturated heterocycles. The summed E-state index contributed by atoms with van der Waals surface area (Å²) >= 11 is 0. The van der Waals surface area contributed by atoms with Crippen molar-refractivity contribution in [2.45, 2.75) is 39.5 Å². The van der Waals surface area contributed by atoms with Gasteiger partial charge in [0, 0.05) is 12.6 Å². The van der Waals surface area contributed by atoms with Gasteiger partial charge >= 0.3 is 5.97 Å². The average molecular weight is 192 g/mol. The van der Waals surface area contributed by atoms with E-state index >= 15 is 0 Å². The van der Waals surface area contributed by atoms with Crippen LogP contribution in [0, 0.1) is 0 Å². The first-order valence-electron chi connectivity index (χ1n) is 4.37. The first-order chi connectivity index (χ1) is 5.70. The van der Waals surface area contributed by atoms with Crippen molar-refractivity contribution >= 4 is 14.3 Å². The molecule has 0 saturated carbocycles. The maximum Gasteiger partial charge on any atom is 0.310 e. The summed E-state index contributed by atoms with van der Waals surface area (Å²) in [5, 5.41) is 0. The third-order valence-electron chi connectivity index (χ3n) is 1.45. The summed E-state index contributed by atoms with van der Waals surface area (Å²) in [4.78, 5) is 19.9. The number of hydrogen-bond acceptors (Lipinski definition) is 3. The van der Waals surface area contributed by atoms with E-state index in [1.807, 2.05) is 0 Å². The molecule has 0 spiro atoms. The standard InChI is InChI=1S/C8H17O3P/c1-3-5-6-7-12(10)11-8(9)4-2/h10H,3-7H2,1-2H3. The molecule has 0 rings (SSSR count). The van der Waals surface area contributed by atoms with Crippen LogP contribution >= 0.6 is 8.38 Å². The quantitative estimate of drug-likeness (QED) is 0.519. The lowest BCUT2D eigenvalue weighted by atomic mass is 10.3. The summed E-state index contributed by atoms with van der Waals surface area (Å²) in [7, 11) is -1.49. The number of carbonyl (C=O) groups excluding carboxylic acids is 1. The molecule has 3 nitrogen and oxygen atoms in total. The van der Waals surface area contributed by atoms with E-state index in [1.54, 1.807) is 6.92 Å². The highest BCUT2D eigenvalue weighted by atomic mass is 31.2. The van der Waals surface area contributed by atoms with E-state index in [-0.39, 0.29) is 5.97 Å². The van der Waals surface area contributed by atoms with Gasteiger partial charge in [0.15, 0.2) is 0 Å². The number of carbonyl (C=O) groups is 1. The zero-order valence-corrected chi connectivity index (χ0v) is 8.64. The lowest BCUT2D eigenvalue weighted by Crippen LogP contribution is -1.99. The fraction of sp³-hybridized carbons (Fsp3) is 0.875. The van der Waals surface area contributed by atoms with Crippen molar-refractivity contribution < 1.29 is 14.2 Å². The van der Waals surface area contributed by atoms with Gasteiger partial charge in [-0.15, -0.1) is 0 Å². The lowest BCUT2D eigenvalue weighted by Gasteiger charge is -2.08. The monoisotopic (exact) mass is 192 g/mol. The zero-order chi connectivity index (χ0) is 9.40. The molecule has 0 aromatic carbocycles. The maximum absolute atomic E-state index is 10.7. The molecule has 0 aliphatic carbocycles. The second-order valence-electron chi connectivity index (χ2n) is 2.60. The Morgan fingerprint density at radius 1 is 1.42 bits per heavy atom. The molecular weight excluding hydrogens is 175 g/mol. The number of unbranched alkanes of at least 4 members (excludes halogenated alkanes) is 2. The van der Waals surface area contributed by atoms with Crippen molar-refractivity contribution in [2.24, 2.45) is 0 Å². The Morgan fingerprint density at radius 3 is 2.58 bits per heavy atom. The van der Waals surface area contributed by atoms with Gasteiger partial charge in [0.05, 0.1) is 0 Å². The van der Waals surface area contributed by atoms with Gasteiger partial charge in [-0.25, -0.2) is 0 Å². The predicted molar refractivity (Wildman–Crippen MR) is 49.9 cm³/mol. The fourth-order valence-electron chi connectivity index (χ4n) is 0.725. The van der Waals surface area contributed by atoms with Gasteiger partial charge in [-0.2, -0.15) is 0 Å². The molecule has 0 aromatic heterocycles. The Balaban J connectivity index is 3.32. The molecule has 0 aromatic rings. The summed E-state index contributed by atoms with van der Waals surface area (Å²) < 4.78 is 4.73. The van der Waals surface area contributed by atoms with E-state index in [2.05, 4.69) is 6.92 Å². The van der Waals surface area contributed by atoms with Gasteiger partial charge in [-0.05, 0) is 6.42 Å². The number of rotatable bonds is 6. The van der Waals surface area contributed by atoms with Crippen LogP contribution in [0.2, 0.25) is 0 Å². The van der Waals surface area contributed by atoms with Crippen molar-refractivity contribution in [2.75, 3.05) is 6.16 Å². The van der Waals surface area contributed by atoms with Crippen LogP contribution in [-0.2, 0) is 9.32 Å². The molecular formula is C8H17O3P. The molecule has 1 unspecified atom stereocenters. The van der Waals surface area contributed by atoms with Crippen molar-refractivity contribution in [1.82, 2.24) is 0 Å². The van der Waals surface area contributed by atoms with Gasteiger partial charge in [-0.3, -0.25) is 4.79 Å². The molecule has 0 bridgehead atoms. The van der Waals surface area contributed by atoms with Crippen LogP contribution in [0.15, 0.2) is 0 Å². The predicted octanol–water partition coefficient (Wildman–Crippen LogP) is 2.43. The van der Waals surface area contributed by atoms with E-state index < -0.39 is 8.38 Å². The van der Waals surface area contributed by atoms with Crippen molar-refractivity contribution in [3.05, 3.63) is 0 Å². The van der Waals surface area contributed by atoms with E-state index in [9.17, 15) is 9.69 Å². The summed E-state index contributed by atoms with van der Waals surface area (Å²) in [5.74, 6) is -0.305. The van der Waals surface area contributed by atoms with Crippen LogP contribution in [-0.4, -0.2) is 17.0 Å². The second kappa shape index (κ2) is 7.51. The van der Waals surface area contributed by atoms with E-state index in [0.717, 1.165) is 19.3 Å². The van der Waals surface area contributed by atoms with Gasteiger partial charge in [0.2, 0.25) is 8.38 Å². The third kappa shape index (κ3) is 6.56. The Bertz CT molecular complexity index is 127. The molecule has 0 fully saturated rings. The smallest absolute Gasteiger partial charge is 0.310 e. The van der Waals surface area contributed by atoms with Crippen LogP contribution in [0.5, 0.6) is 0 Å². The normalized spacial score (nSPS) is 12.6. The highest BCUT2D eigenvalue weighted by Crippen LogP contribution is 2.32.